The highest BCUT2D eigenvalue weighted by Gasteiger charge is 2.34. The zero-order chi connectivity index (χ0) is 15.1. The fourth-order valence-electron chi connectivity index (χ4n) is 1.76. The van der Waals surface area contributed by atoms with Gasteiger partial charge in [-0.2, -0.15) is 5.26 Å². The summed E-state index contributed by atoms with van der Waals surface area (Å²) in [6, 6.07) is 0.200. The third kappa shape index (κ3) is 5.14. The average molecular weight is 283 g/mol. The number of carbonyl (C=O) groups excluding carboxylic acids is 1. The Hall–Kier alpha value is -2.30. The van der Waals surface area contributed by atoms with E-state index in [1.165, 1.54) is 4.90 Å². The Kier molecular flexibility index (Phi) is 5.77. The fraction of sp³-hybridized carbons (Fsp3) is 0.667. The van der Waals surface area contributed by atoms with Crippen LogP contribution in [0.4, 0.5) is 4.79 Å². The lowest BCUT2D eigenvalue weighted by Gasteiger charge is -2.24. The second-order valence-corrected chi connectivity index (χ2v) is 4.61. The van der Waals surface area contributed by atoms with Gasteiger partial charge in [0.15, 0.2) is 0 Å². The second-order valence-electron chi connectivity index (χ2n) is 4.61. The first-order valence-electron chi connectivity index (χ1n) is 6.34. The summed E-state index contributed by atoms with van der Waals surface area (Å²) in [5.41, 5.74) is 0. The summed E-state index contributed by atoms with van der Waals surface area (Å²) in [5, 5.41) is 28.4. The van der Waals surface area contributed by atoms with Crippen LogP contribution in [0.5, 0.6) is 0 Å². The molecule has 0 spiro atoms. The maximum absolute atomic E-state index is 12.0. The van der Waals surface area contributed by atoms with Crippen molar-refractivity contribution in [2.45, 2.75) is 44.2 Å². The number of nitrogens with zero attached hydrogens (tertiary/aromatic N) is 2. The largest absolute Gasteiger partial charge is 0.481 e. The highest BCUT2D eigenvalue weighted by molar-refractivity contribution is 5.83. The number of hydrogen-bond donors (Lipinski definition) is 3. The molecule has 0 aromatic rings. The van der Waals surface area contributed by atoms with Crippen LogP contribution < -0.4 is 5.32 Å². The second kappa shape index (κ2) is 7.33. The molecule has 0 saturated heterocycles. The Morgan fingerprint density at radius 2 is 2.00 bits per heavy atom. The number of carboxylic acids is 2. The zero-order valence-corrected chi connectivity index (χ0v) is 10.9. The van der Waals surface area contributed by atoms with E-state index in [1.54, 1.807) is 0 Å². The third-order valence-corrected chi connectivity index (χ3v) is 2.96. The minimum Gasteiger partial charge on any atom is -0.481 e. The minimum atomic E-state index is -1.27. The number of hydrogen-bond acceptors (Lipinski definition) is 4. The van der Waals surface area contributed by atoms with Gasteiger partial charge in [-0.25, -0.2) is 9.59 Å². The molecule has 1 fully saturated rings. The lowest BCUT2D eigenvalue weighted by molar-refractivity contribution is -0.140. The molecule has 0 aliphatic heterocycles. The van der Waals surface area contributed by atoms with E-state index in [4.69, 9.17) is 15.5 Å². The van der Waals surface area contributed by atoms with Crippen molar-refractivity contribution in [1.29, 1.82) is 5.26 Å². The van der Waals surface area contributed by atoms with Crippen LogP contribution in [0.3, 0.4) is 0 Å². The van der Waals surface area contributed by atoms with Crippen LogP contribution in [-0.2, 0) is 9.59 Å². The molecule has 8 nitrogen and oxygen atoms in total. The molecule has 110 valence electrons. The minimum absolute atomic E-state index is 0.0530. The van der Waals surface area contributed by atoms with Gasteiger partial charge in [0.1, 0.15) is 6.04 Å². The number of urea groups is 1. The van der Waals surface area contributed by atoms with Gasteiger partial charge in [0, 0.05) is 19.0 Å². The van der Waals surface area contributed by atoms with Crippen LogP contribution in [0.25, 0.3) is 0 Å². The van der Waals surface area contributed by atoms with Crippen molar-refractivity contribution in [3.63, 3.8) is 0 Å². The van der Waals surface area contributed by atoms with Crippen LogP contribution in [0.1, 0.15) is 32.1 Å². The number of nitrogens with one attached hydrogen (secondary N) is 1. The number of nitriles is 1. The normalized spacial score (nSPS) is 14.9. The van der Waals surface area contributed by atoms with E-state index in [2.05, 4.69) is 5.32 Å². The SMILES string of the molecule is N#CCCN(C(=O)N[C@@H](CCC(=O)O)C(=O)O)C1CC1. The third-order valence-electron chi connectivity index (χ3n) is 2.96. The van der Waals surface area contributed by atoms with Crippen molar-refractivity contribution in [1.82, 2.24) is 10.2 Å². The van der Waals surface area contributed by atoms with Gasteiger partial charge in [-0.05, 0) is 19.3 Å². The summed E-state index contributed by atoms with van der Waals surface area (Å²) in [6.07, 6.45) is 1.35. The van der Waals surface area contributed by atoms with E-state index in [9.17, 15) is 14.4 Å². The Bertz CT molecular complexity index is 427. The van der Waals surface area contributed by atoms with E-state index in [-0.39, 0.29) is 31.8 Å². The molecule has 20 heavy (non-hydrogen) atoms. The van der Waals surface area contributed by atoms with Crippen molar-refractivity contribution >= 4 is 18.0 Å². The van der Waals surface area contributed by atoms with Gasteiger partial charge in [-0.1, -0.05) is 0 Å². The van der Waals surface area contributed by atoms with E-state index in [0.29, 0.717) is 0 Å². The van der Waals surface area contributed by atoms with Crippen LogP contribution in [0.15, 0.2) is 0 Å². The van der Waals surface area contributed by atoms with Crippen molar-refractivity contribution in [3.8, 4) is 6.07 Å². The van der Waals surface area contributed by atoms with Crippen molar-refractivity contribution in [3.05, 3.63) is 0 Å². The first-order chi connectivity index (χ1) is 9.45. The predicted molar refractivity (Wildman–Crippen MR) is 66.8 cm³/mol. The molecule has 1 atom stereocenters. The molecule has 1 rings (SSSR count). The topological polar surface area (TPSA) is 131 Å². The average Bonchev–Trinajstić information content (AvgIpc) is 3.18. The van der Waals surface area contributed by atoms with Gasteiger partial charge in [0.25, 0.3) is 0 Å². The smallest absolute Gasteiger partial charge is 0.326 e. The van der Waals surface area contributed by atoms with Crippen LogP contribution >= 0.6 is 0 Å². The van der Waals surface area contributed by atoms with Gasteiger partial charge < -0.3 is 20.4 Å². The Morgan fingerprint density at radius 3 is 2.45 bits per heavy atom. The quantitative estimate of drug-likeness (QED) is 0.590. The monoisotopic (exact) mass is 283 g/mol. The Balaban J connectivity index is 2.56. The molecule has 2 amide bonds. The maximum Gasteiger partial charge on any atom is 0.326 e. The summed E-state index contributed by atoms with van der Waals surface area (Å²) in [5.74, 6) is -2.38. The first kappa shape index (κ1) is 15.8. The molecule has 1 aliphatic carbocycles. The number of rotatable bonds is 8. The van der Waals surface area contributed by atoms with Crippen LogP contribution in [0.2, 0.25) is 0 Å². The van der Waals surface area contributed by atoms with Gasteiger partial charge in [-0.3, -0.25) is 4.79 Å². The molecule has 1 aliphatic rings. The van der Waals surface area contributed by atoms with Crippen LogP contribution in [0, 0.1) is 11.3 Å². The van der Waals surface area contributed by atoms with Crippen molar-refractivity contribution in [2.75, 3.05) is 6.54 Å². The number of aliphatic carboxylic acids is 2. The molecule has 0 heterocycles. The maximum atomic E-state index is 12.0. The summed E-state index contributed by atoms with van der Waals surface area (Å²) < 4.78 is 0. The fourth-order valence-corrected chi connectivity index (χ4v) is 1.76. The number of carbonyl (C=O) groups is 3. The predicted octanol–water partition coefficient (Wildman–Crippen LogP) is 0.392. The Labute approximate surface area is 116 Å². The highest BCUT2D eigenvalue weighted by atomic mass is 16.4. The molecule has 3 N–H and O–H groups in total. The zero-order valence-electron chi connectivity index (χ0n) is 10.9. The van der Waals surface area contributed by atoms with Gasteiger partial charge in [0.2, 0.25) is 0 Å². The van der Waals surface area contributed by atoms with Crippen molar-refractivity contribution in [2.24, 2.45) is 0 Å². The first-order valence-corrected chi connectivity index (χ1v) is 6.34. The molecule has 0 aromatic carbocycles. The molecular formula is C12H17N3O5. The van der Waals surface area contributed by atoms with Gasteiger partial charge in [-0.15, -0.1) is 0 Å². The molecular weight excluding hydrogens is 266 g/mol. The van der Waals surface area contributed by atoms with Crippen molar-refractivity contribution < 1.29 is 24.6 Å². The lowest BCUT2D eigenvalue weighted by Crippen LogP contribution is -2.49. The molecule has 0 unspecified atom stereocenters. The van der Waals surface area contributed by atoms with Gasteiger partial charge >= 0.3 is 18.0 Å². The number of carboxylic acid groups (broad SMARTS) is 2. The molecule has 8 heteroatoms. The van der Waals surface area contributed by atoms with E-state index in [0.717, 1.165) is 12.8 Å². The standard InChI is InChI=1S/C12H17N3O5/c13-6-1-7-15(8-2-3-8)12(20)14-9(11(18)19)4-5-10(16)17/h8-9H,1-5,7H2,(H,14,20)(H,16,17)(H,18,19)/t9-/m0/s1. The summed E-state index contributed by atoms with van der Waals surface area (Å²) in [6.45, 7) is 0.248. The van der Waals surface area contributed by atoms with Gasteiger partial charge in [0.05, 0.1) is 12.5 Å². The van der Waals surface area contributed by atoms with E-state index in [1.807, 2.05) is 6.07 Å². The lowest BCUT2D eigenvalue weighted by atomic mass is 10.1. The van der Waals surface area contributed by atoms with E-state index < -0.39 is 24.0 Å². The molecule has 0 bridgehead atoms. The molecule has 0 radical (unpaired) electrons. The summed E-state index contributed by atoms with van der Waals surface area (Å²) >= 11 is 0. The Morgan fingerprint density at radius 1 is 1.35 bits per heavy atom. The van der Waals surface area contributed by atoms with E-state index >= 15 is 0 Å². The number of amides is 2. The summed E-state index contributed by atoms with van der Waals surface area (Å²) in [7, 11) is 0. The highest BCUT2D eigenvalue weighted by Crippen LogP contribution is 2.27. The molecule has 0 aromatic heterocycles. The summed E-state index contributed by atoms with van der Waals surface area (Å²) in [4.78, 5) is 34.9. The molecule has 1 saturated carbocycles. The van der Waals surface area contributed by atoms with Crippen LogP contribution in [-0.4, -0.2) is 51.7 Å².